The van der Waals surface area contributed by atoms with Gasteiger partial charge in [0.15, 0.2) is 11.6 Å². The second-order valence-corrected chi connectivity index (χ2v) is 6.95. The van der Waals surface area contributed by atoms with Gasteiger partial charge in [-0.05, 0) is 12.5 Å². The monoisotopic (exact) mass is 416 g/mol. The number of carbonyl (C=O) groups is 1. The van der Waals surface area contributed by atoms with Gasteiger partial charge in [0.05, 0.1) is 5.39 Å². The largest absolute Gasteiger partial charge is 0.477 e. The predicted octanol–water partition coefficient (Wildman–Crippen LogP) is -0.495. The first kappa shape index (κ1) is 19.5. The molecule has 5 N–H and O–H groups in total. The Bertz CT molecular complexity index is 1280. The van der Waals surface area contributed by atoms with Gasteiger partial charge in [-0.3, -0.25) is 14.6 Å². The molecule has 1 unspecified atom stereocenters. The maximum Gasteiger partial charge on any atom is 0.341 e. The summed E-state index contributed by atoms with van der Waals surface area (Å²) in [4.78, 5) is 59.1. The van der Waals surface area contributed by atoms with Gasteiger partial charge in [-0.1, -0.05) is 0 Å². The summed E-state index contributed by atoms with van der Waals surface area (Å²) < 4.78 is 14.6. The Labute approximate surface area is 166 Å². The van der Waals surface area contributed by atoms with Crippen molar-refractivity contribution in [3.63, 3.8) is 0 Å². The molecule has 11 nitrogen and oxygen atoms in total. The minimum atomic E-state index is -1.40. The van der Waals surface area contributed by atoms with Crippen molar-refractivity contribution < 1.29 is 14.3 Å². The Balaban J connectivity index is 1.52. The van der Waals surface area contributed by atoms with E-state index in [1.165, 1.54) is 6.07 Å². The summed E-state index contributed by atoms with van der Waals surface area (Å²) in [5, 5.41) is 12.1. The Kier molecular flexibility index (Phi) is 4.91. The van der Waals surface area contributed by atoms with E-state index in [4.69, 9.17) is 5.11 Å². The average molecular weight is 416 g/mol. The van der Waals surface area contributed by atoms with Crippen LogP contribution in [-0.4, -0.2) is 50.1 Å². The molecule has 1 saturated heterocycles. The van der Waals surface area contributed by atoms with Crippen LogP contribution in [0.15, 0.2) is 32.7 Å². The van der Waals surface area contributed by atoms with E-state index in [2.05, 4.69) is 25.3 Å². The second-order valence-electron chi connectivity index (χ2n) is 6.95. The highest BCUT2D eigenvalue weighted by Crippen LogP contribution is 2.24. The average Bonchev–Trinajstić information content (AvgIpc) is 3.14. The van der Waals surface area contributed by atoms with Crippen molar-refractivity contribution in [2.45, 2.75) is 19.0 Å². The van der Waals surface area contributed by atoms with Crippen LogP contribution in [0, 0.1) is 5.82 Å². The lowest BCUT2D eigenvalue weighted by Crippen LogP contribution is -2.34. The third-order valence-corrected chi connectivity index (χ3v) is 4.92. The number of hydrogen-bond donors (Lipinski definition) is 5. The van der Waals surface area contributed by atoms with Gasteiger partial charge in [0.25, 0.3) is 5.56 Å². The molecular formula is C18H17FN6O5. The zero-order chi connectivity index (χ0) is 21.4. The molecule has 0 radical (unpaired) electrons. The number of pyridine rings is 2. The molecule has 1 aliphatic heterocycles. The summed E-state index contributed by atoms with van der Waals surface area (Å²) in [6.45, 7) is 1.17. The zero-order valence-electron chi connectivity index (χ0n) is 15.5. The molecule has 3 aromatic heterocycles. The summed E-state index contributed by atoms with van der Waals surface area (Å²) >= 11 is 0. The molecule has 0 spiro atoms. The van der Waals surface area contributed by atoms with E-state index < -0.39 is 34.0 Å². The maximum atomic E-state index is 14.6. The number of aromatic nitrogens is 4. The molecule has 0 aromatic carbocycles. The molecule has 3 aromatic rings. The number of aromatic amines is 3. The van der Waals surface area contributed by atoms with Gasteiger partial charge in [-0.15, -0.1) is 0 Å². The summed E-state index contributed by atoms with van der Waals surface area (Å²) in [6, 6.07) is 2.23. The topological polar surface area (TPSA) is 164 Å². The molecule has 4 heterocycles. The van der Waals surface area contributed by atoms with E-state index in [1.54, 1.807) is 4.90 Å². The van der Waals surface area contributed by atoms with Crippen molar-refractivity contribution in [2.75, 3.05) is 18.0 Å². The Morgan fingerprint density at radius 1 is 1.30 bits per heavy atom. The van der Waals surface area contributed by atoms with E-state index in [0.717, 1.165) is 12.3 Å². The number of carboxylic acid groups (broad SMARTS) is 1. The number of nitrogens with zero attached hydrogens (tertiary/aromatic N) is 2. The van der Waals surface area contributed by atoms with Crippen LogP contribution in [0.5, 0.6) is 0 Å². The lowest BCUT2D eigenvalue weighted by Gasteiger charge is -2.19. The lowest BCUT2D eigenvalue weighted by molar-refractivity contribution is 0.0695. The molecule has 0 aliphatic carbocycles. The first-order chi connectivity index (χ1) is 14.3. The fourth-order valence-electron chi connectivity index (χ4n) is 3.48. The Morgan fingerprint density at radius 2 is 2.10 bits per heavy atom. The van der Waals surface area contributed by atoms with E-state index in [-0.39, 0.29) is 29.4 Å². The summed E-state index contributed by atoms with van der Waals surface area (Å²) in [5.41, 5.74) is -1.84. The molecule has 30 heavy (non-hydrogen) atoms. The minimum absolute atomic E-state index is 0.0434. The highest BCUT2D eigenvalue weighted by molar-refractivity contribution is 5.91. The van der Waals surface area contributed by atoms with Crippen molar-refractivity contribution in [3.05, 3.63) is 66.5 Å². The predicted molar refractivity (Wildman–Crippen MR) is 104 cm³/mol. The van der Waals surface area contributed by atoms with Crippen LogP contribution < -0.4 is 26.9 Å². The fraction of sp³-hybridized carbons (Fsp3) is 0.278. The Hall–Kier alpha value is -3.80. The summed E-state index contributed by atoms with van der Waals surface area (Å²) in [6.07, 6.45) is 1.71. The normalized spacial score (nSPS) is 16.3. The molecule has 1 fully saturated rings. The van der Waals surface area contributed by atoms with Crippen molar-refractivity contribution in [1.82, 2.24) is 25.3 Å². The van der Waals surface area contributed by atoms with Gasteiger partial charge < -0.3 is 25.3 Å². The van der Waals surface area contributed by atoms with E-state index in [1.807, 2.05) is 0 Å². The van der Waals surface area contributed by atoms with Crippen LogP contribution in [0.25, 0.3) is 11.0 Å². The van der Waals surface area contributed by atoms with Crippen molar-refractivity contribution in [3.8, 4) is 0 Å². The van der Waals surface area contributed by atoms with Crippen molar-refractivity contribution in [1.29, 1.82) is 0 Å². The summed E-state index contributed by atoms with van der Waals surface area (Å²) in [7, 11) is 0. The molecule has 4 rings (SSSR count). The van der Waals surface area contributed by atoms with E-state index in [0.29, 0.717) is 25.2 Å². The first-order valence-corrected chi connectivity index (χ1v) is 9.08. The molecule has 12 heteroatoms. The molecule has 1 atom stereocenters. The van der Waals surface area contributed by atoms with Crippen LogP contribution in [0.2, 0.25) is 0 Å². The van der Waals surface area contributed by atoms with Crippen molar-refractivity contribution in [2.24, 2.45) is 0 Å². The number of halogens is 1. The third kappa shape index (κ3) is 3.72. The zero-order valence-corrected chi connectivity index (χ0v) is 15.5. The number of anilines is 1. The van der Waals surface area contributed by atoms with Crippen LogP contribution in [0.3, 0.4) is 0 Å². The Morgan fingerprint density at radius 3 is 2.83 bits per heavy atom. The molecule has 0 amide bonds. The van der Waals surface area contributed by atoms with Crippen LogP contribution in [-0.2, 0) is 6.54 Å². The highest BCUT2D eigenvalue weighted by Gasteiger charge is 2.26. The van der Waals surface area contributed by atoms with Crippen molar-refractivity contribution >= 4 is 22.8 Å². The molecule has 1 aliphatic rings. The number of carboxylic acids is 1. The number of fused-ring (bicyclic) bond motifs is 1. The van der Waals surface area contributed by atoms with Gasteiger partial charge in [0.2, 0.25) is 5.43 Å². The highest BCUT2D eigenvalue weighted by atomic mass is 19.1. The minimum Gasteiger partial charge on any atom is -0.477 e. The smallest absolute Gasteiger partial charge is 0.341 e. The molecule has 156 valence electrons. The number of rotatable bonds is 5. The van der Waals surface area contributed by atoms with Crippen LogP contribution >= 0.6 is 0 Å². The number of hydrogen-bond acceptors (Lipinski definition) is 7. The number of aromatic carboxylic acids is 1. The van der Waals surface area contributed by atoms with Gasteiger partial charge in [0, 0.05) is 43.6 Å². The van der Waals surface area contributed by atoms with Gasteiger partial charge >= 0.3 is 11.7 Å². The van der Waals surface area contributed by atoms with Crippen LogP contribution in [0.1, 0.15) is 22.5 Å². The van der Waals surface area contributed by atoms with E-state index in [9.17, 15) is 23.6 Å². The summed E-state index contributed by atoms with van der Waals surface area (Å²) in [5.74, 6) is -2.08. The molecular weight excluding hydrogens is 399 g/mol. The van der Waals surface area contributed by atoms with Gasteiger partial charge in [-0.25, -0.2) is 19.0 Å². The van der Waals surface area contributed by atoms with Gasteiger partial charge in [0.1, 0.15) is 11.2 Å². The van der Waals surface area contributed by atoms with Crippen LogP contribution in [0.4, 0.5) is 10.2 Å². The number of nitrogens with one attached hydrogen (secondary N) is 4. The second kappa shape index (κ2) is 7.55. The molecule has 0 bridgehead atoms. The maximum absolute atomic E-state index is 14.6. The fourth-order valence-corrected chi connectivity index (χ4v) is 3.48. The third-order valence-electron chi connectivity index (χ3n) is 4.92. The van der Waals surface area contributed by atoms with Gasteiger partial charge in [-0.2, -0.15) is 0 Å². The molecule has 0 saturated carbocycles. The standard InChI is InChI=1S/C18H17FN6O5/c19-12-4-10-14(27)11(17(28)29)6-21-15(10)24-16(12)25-2-1-8(7-25)20-5-9-3-13(26)23-18(30)22-9/h3-4,6,8,20H,1-2,5,7H2,(H,28,29)(H,21,24,27)(H2,22,23,26,30). The lowest BCUT2D eigenvalue weighted by atomic mass is 10.2. The SMILES string of the molecule is O=C(O)c1c[nH]c2nc(N3CCC(NCc4cc(=O)[nH]c(=O)[nH]4)C3)c(F)cc2c1=O. The first-order valence-electron chi connectivity index (χ1n) is 9.08. The quantitative estimate of drug-likeness (QED) is 0.372. The van der Waals surface area contributed by atoms with E-state index >= 15 is 0 Å². The number of H-pyrrole nitrogens is 3.